The molecular formula is C18H22N2O. The van der Waals surface area contributed by atoms with Crippen molar-refractivity contribution in [2.45, 2.75) is 32.6 Å². The van der Waals surface area contributed by atoms with Crippen LogP contribution in [0.2, 0.25) is 0 Å². The number of rotatable bonds is 5. The zero-order chi connectivity index (χ0) is 15.3. The molecule has 110 valence electrons. The summed E-state index contributed by atoms with van der Waals surface area (Å²) >= 11 is 0. The van der Waals surface area contributed by atoms with E-state index in [4.69, 9.17) is 0 Å². The molecule has 1 aromatic carbocycles. The van der Waals surface area contributed by atoms with Gasteiger partial charge in [0.1, 0.15) is 0 Å². The number of carbonyl (C=O) groups is 1. The molecule has 0 aliphatic heterocycles. The van der Waals surface area contributed by atoms with E-state index < -0.39 is 0 Å². The number of aromatic nitrogens is 1. The molecule has 3 nitrogen and oxygen atoms in total. The SMILES string of the molecule is CC(=O)NCCC(C)(C)c1ccccc1-c1cccnc1. The fraction of sp³-hybridized carbons (Fsp3) is 0.333. The van der Waals surface area contributed by atoms with Crippen molar-refractivity contribution < 1.29 is 4.79 Å². The second-order valence-corrected chi connectivity index (χ2v) is 5.90. The number of benzene rings is 1. The van der Waals surface area contributed by atoms with Gasteiger partial charge in [0.05, 0.1) is 0 Å². The normalized spacial score (nSPS) is 11.2. The zero-order valence-corrected chi connectivity index (χ0v) is 12.9. The predicted molar refractivity (Wildman–Crippen MR) is 86.0 cm³/mol. The van der Waals surface area contributed by atoms with Crippen molar-refractivity contribution in [2.24, 2.45) is 0 Å². The third kappa shape index (κ3) is 3.91. The minimum Gasteiger partial charge on any atom is -0.356 e. The molecule has 0 aliphatic rings. The molecule has 2 aromatic rings. The summed E-state index contributed by atoms with van der Waals surface area (Å²) in [5.74, 6) is 0.0198. The average molecular weight is 282 g/mol. The Morgan fingerprint density at radius 1 is 1.19 bits per heavy atom. The number of carbonyl (C=O) groups excluding carboxylic acids is 1. The van der Waals surface area contributed by atoms with E-state index in [0.717, 1.165) is 12.0 Å². The van der Waals surface area contributed by atoms with Crippen LogP contribution < -0.4 is 5.32 Å². The van der Waals surface area contributed by atoms with Crippen molar-refractivity contribution >= 4 is 5.91 Å². The van der Waals surface area contributed by atoms with E-state index in [-0.39, 0.29) is 11.3 Å². The van der Waals surface area contributed by atoms with Gasteiger partial charge in [-0.15, -0.1) is 0 Å². The summed E-state index contributed by atoms with van der Waals surface area (Å²) in [6, 6.07) is 12.4. The second kappa shape index (κ2) is 6.53. The van der Waals surface area contributed by atoms with E-state index in [1.807, 2.05) is 12.3 Å². The van der Waals surface area contributed by atoms with Gasteiger partial charge in [-0.2, -0.15) is 0 Å². The molecule has 0 saturated carbocycles. The molecule has 0 aliphatic carbocycles. The van der Waals surface area contributed by atoms with Gasteiger partial charge >= 0.3 is 0 Å². The highest BCUT2D eigenvalue weighted by Gasteiger charge is 2.23. The van der Waals surface area contributed by atoms with E-state index in [1.54, 1.807) is 13.1 Å². The standard InChI is InChI=1S/C18H22N2O/c1-14(21)20-12-10-18(2,3)17-9-5-4-8-16(17)15-7-6-11-19-13-15/h4-9,11,13H,10,12H2,1-3H3,(H,20,21). The highest BCUT2D eigenvalue weighted by atomic mass is 16.1. The molecule has 0 atom stereocenters. The average Bonchev–Trinajstić information content (AvgIpc) is 2.47. The van der Waals surface area contributed by atoms with Gasteiger partial charge < -0.3 is 5.32 Å². The topological polar surface area (TPSA) is 42.0 Å². The first-order valence-corrected chi connectivity index (χ1v) is 7.25. The van der Waals surface area contributed by atoms with Crippen molar-refractivity contribution in [3.8, 4) is 11.1 Å². The van der Waals surface area contributed by atoms with Crippen LogP contribution in [0.5, 0.6) is 0 Å². The first-order valence-electron chi connectivity index (χ1n) is 7.25. The Balaban J connectivity index is 2.29. The maximum absolute atomic E-state index is 11.0. The van der Waals surface area contributed by atoms with Crippen molar-refractivity contribution in [2.75, 3.05) is 6.54 Å². The van der Waals surface area contributed by atoms with Gasteiger partial charge in [0.15, 0.2) is 0 Å². The first-order chi connectivity index (χ1) is 10.0. The third-order valence-electron chi connectivity index (χ3n) is 3.75. The molecule has 1 aromatic heterocycles. The van der Waals surface area contributed by atoms with Gasteiger partial charge in [-0.05, 0) is 29.0 Å². The predicted octanol–water partition coefficient (Wildman–Crippen LogP) is 3.55. The van der Waals surface area contributed by atoms with Crippen LogP contribution in [0, 0.1) is 0 Å². The van der Waals surface area contributed by atoms with Crippen LogP contribution in [-0.2, 0) is 10.2 Å². The summed E-state index contributed by atoms with van der Waals surface area (Å²) in [4.78, 5) is 15.2. The minimum atomic E-state index is -0.0190. The molecule has 1 N–H and O–H groups in total. The van der Waals surface area contributed by atoms with Gasteiger partial charge in [-0.25, -0.2) is 0 Å². The summed E-state index contributed by atoms with van der Waals surface area (Å²) in [5, 5.41) is 2.88. The molecule has 0 spiro atoms. The van der Waals surface area contributed by atoms with Crippen molar-refractivity contribution in [1.29, 1.82) is 0 Å². The van der Waals surface area contributed by atoms with Crippen LogP contribution in [0.15, 0.2) is 48.8 Å². The molecule has 2 rings (SSSR count). The molecular weight excluding hydrogens is 260 g/mol. The molecule has 1 heterocycles. The number of hydrogen-bond donors (Lipinski definition) is 1. The Morgan fingerprint density at radius 2 is 1.95 bits per heavy atom. The second-order valence-electron chi connectivity index (χ2n) is 5.90. The lowest BCUT2D eigenvalue weighted by Gasteiger charge is -2.28. The van der Waals surface area contributed by atoms with Crippen LogP contribution >= 0.6 is 0 Å². The Hall–Kier alpha value is -2.16. The van der Waals surface area contributed by atoms with E-state index in [2.05, 4.69) is 54.5 Å². The number of nitrogens with one attached hydrogen (secondary N) is 1. The highest BCUT2D eigenvalue weighted by molar-refractivity contribution is 5.72. The van der Waals surface area contributed by atoms with E-state index >= 15 is 0 Å². The van der Waals surface area contributed by atoms with Crippen LogP contribution in [0.3, 0.4) is 0 Å². The number of nitrogens with zero attached hydrogens (tertiary/aromatic N) is 1. The summed E-state index contributed by atoms with van der Waals surface area (Å²) in [6.45, 7) is 6.66. The number of hydrogen-bond acceptors (Lipinski definition) is 2. The van der Waals surface area contributed by atoms with Crippen LogP contribution in [0.4, 0.5) is 0 Å². The Bertz CT molecular complexity index is 606. The van der Waals surface area contributed by atoms with Crippen molar-refractivity contribution in [3.63, 3.8) is 0 Å². The van der Waals surface area contributed by atoms with Gasteiger partial charge in [-0.1, -0.05) is 44.2 Å². The summed E-state index contributed by atoms with van der Waals surface area (Å²) in [5.41, 5.74) is 3.59. The monoisotopic (exact) mass is 282 g/mol. The zero-order valence-electron chi connectivity index (χ0n) is 12.9. The fourth-order valence-corrected chi connectivity index (χ4v) is 2.53. The minimum absolute atomic E-state index is 0.0190. The summed E-state index contributed by atoms with van der Waals surface area (Å²) < 4.78 is 0. The Morgan fingerprint density at radius 3 is 2.62 bits per heavy atom. The van der Waals surface area contributed by atoms with Crippen molar-refractivity contribution in [1.82, 2.24) is 10.3 Å². The molecule has 0 saturated heterocycles. The van der Waals surface area contributed by atoms with Crippen molar-refractivity contribution in [3.05, 3.63) is 54.4 Å². The summed E-state index contributed by atoms with van der Waals surface area (Å²) in [6.07, 6.45) is 4.57. The molecule has 1 amide bonds. The molecule has 3 heteroatoms. The third-order valence-corrected chi connectivity index (χ3v) is 3.75. The van der Waals surface area contributed by atoms with Gasteiger partial charge in [0.2, 0.25) is 5.91 Å². The van der Waals surface area contributed by atoms with E-state index in [0.29, 0.717) is 6.54 Å². The quantitative estimate of drug-likeness (QED) is 0.911. The van der Waals surface area contributed by atoms with Gasteiger partial charge in [-0.3, -0.25) is 9.78 Å². The smallest absolute Gasteiger partial charge is 0.216 e. The van der Waals surface area contributed by atoms with E-state index in [9.17, 15) is 4.79 Å². The lowest BCUT2D eigenvalue weighted by Crippen LogP contribution is -2.28. The van der Waals surface area contributed by atoms with E-state index in [1.165, 1.54) is 11.1 Å². The molecule has 0 unspecified atom stereocenters. The first kappa shape index (κ1) is 15.2. The molecule has 21 heavy (non-hydrogen) atoms. The fourth-order valence-electron chi connectivity index (χ4n) is 2.53. The van der Waals surface area contributed by atoms with Gasteiger partial charge in [0.25, 0.3) is 0 Å². The Labute approximate surface area is 126 Å². The molecule has 0 bridgehead atoms. The maximum Gasteiger partial charge on any atom is 0.216 e. The van der Waals surface area contributed by atoms with Gasteiger partial charge in [0, 0.05) is 31.4 Å². The summed E-state index contributed by atoms with van der Waals surface area (Å²) in [7, 11) is 0. The Kier molecular flexibility index (Phi) is 4.73. The molecule has 0 radical (unpaired) electrons. The lowest BCUT2D eigenvalue weighted by atomic mass is 9.78. The highest BCUT2D eigenvalue weighted by Crippen LogP contribution is 2.34. The molecule has 0 fully saturated rings. The largest absolute Gasteiger partial charge is 0.356 e. The van der Waals surface area contributed by atoms with Crippen LogP contribution in [0.1, 0.15) is 32.8 Å². The number of amides is 1. The van der Waals surface area contributed by atoms with Crippen LogP contribution in [0.25, 0.3) is 11.1 Å². The number of pyridine rings is 1. The lowest BCUT2D eigenvalue weighted by molar-refractivity contribution is -0.119. The van der Waals surface area contributed by atoms with Crippen LogP contribution in [-0.4, -0.2) is 17.4 Å². The maximum atomic E-state index is 11.0.